The fraction of sp³-hybridized carbons (Fsp3) is 0.345. The van der Waals surface area contributed by atoms with Gasteiger partial charge in [0, 0.05) is 24.2 Å². The monoisotopic (exact) mass is 550 g/mol. The fourth-order valence-corrected chi connectivity index (χ4v) is 6.36. The first-order valence-electron chi connectivity index (χ1n) is 13.0. The van der Waals surface area contributed by atoms with E-state index in [9.17, 15) is 18.2 Å². The Labute approximate surface area is 231 Å². The first kappa shape index (κ1) is 28.7. The van der Waals surface area contributed by atoms with E-state index in [-0.39, 0.29) is 23.5 Å². The number of hydrogen-bond donors (Lipinski definition) is 2. The van der Waals surface area contributed by atoms with Crippen LogP contribution in [0.2, 0.25) is 0 Å². The van der Waals surface area contributed by atoms with Crippen LogP contribution in [0.4, 0.5) is 5.69 Å². The number of nitrogens with one attached hydrogen (secondary N) is 1. The number of rotatable bonds is 13. The van der Waals surface area contributed by atoms with Crippen LogP contribution in [-0.4, -0.2) is 51.3 Å². The third-order valence-electron chi connectivity index (χ3n) is 6.57. The number of amides is 1. The van der Waals surface area contributed by atoms with Gasteiger partial charge in [0.25, 0.3) is 0 Å². The molecule has 206 valence electrons. The van der Waals surface area contributed by atoms with E-state index in [1.165, 1.54) is 0 Å². The second-order valence-electron chi connectivity index (χ2n) is 10.2. The Hall–Kier alpha value is -3.34. The minimum atomic E-state index is -3.36. The molecule has 10 heteroatoms. The maximum atomic E-state index is 13.1. The maximum absolute atomic E-state index is 13.1. The summed E-state index contributed by atoms with van der Waals surface area (Å²) in [5.74, 6) is 0.673. The lowest BCUT2D eigenvalue weighted by molar-refractivity contribution is -0.116. The maximum Gasteiger partial charge on any atom is 0.504 e. The summed E-state index contributed by atoms with van der Waals surface area (Å²) in [5, 5.41) is 11.8. The van der Waals surface area contributed by atoms with Crippen LogP contribution in [0.25, 0.3) is 0 Å². The number of hydrogen-bond acceptors (Lipinski definition) is 7. The molecular weight excluding hydrogens is 515 g/mol. The molecule has 0 spiro atoms. The molecule has 4 rings (SSSR count). The van der Waals surface area contributed by atoms with Gasteiger partial charge in [0.2, 0.25) is 5.91 Å². The highest BCUT2D eigenvalue weighted by atomic mass is 32.2. The van der Waals surface area contributed by atoms with Crippen molar-refractivity contribution in [2.24, 2.45) is 0 Å². The number of anilines is 1. The number of nitrogens with zero attached hydrogens (tertiary/aromatic N) is 1. The summed E-state index contributed by atoms with van der Waals surface area (Å²) < 4.78 is 37.2. The number of benzene rings is 3. The molecule has 39 heavy (non-hydrogen) atoms. The van der Waals surface area contributed by atoms with Gasteiger partial charge in [-0.3, -0.25) is 4.79 Å². The highest BCUT2D eigenvalue weighted by Crippen LogP contribution is 2.36. The molecule has 1 aliphatic carbocycles. The molecule has 1 amide bonds. The van der Waals surface area contributed by atoms with Gasteiger partial charge in [-0.25, -0.2) is 8.42 Å². The Balaban J connectivity index is 1.49. The lowest BCUT2D eigenvalue weighted by atomic mass is 9.96. The van der Waals surface area contributed by atoms with Crippen LogP contribution < -0.4 is 14.7 Å². The summed E-state index contributed by atoms with van der Waals surface area (Å²) in [7, 11) is -0.0596. The van der Waals surface area contributed by atoms with E-state index in [0.717, 1.165) is 11.1 Å². The lowest BCUT2D eigenvalue weighted by Gasteiger charge is -2.19. The molecule has 0 unspecified atom stereocenters. The van der Waals surface area contributed by atoms with Crippen LogP contribution in [-0.2, 0) is 27.8 Å². The molecule has 0 bridgehead atoms. The van der Waals surface area contributed by atoms with Crippen molar-refractivity contribution >= 4 is 29.1 Å². The number of carbonyl (C=O) groups is 1. The van der Waals surface area contributed by atoms with Crippen molar-refractivity contribution in [3.05, 3.63) is 83.4 Å². The summed E-state index contributed by atoms with van der Waals surface area (Å²) in [6, 6.07) is 20.1. The first-order chi connectivity index (χ1) is 18.7. The van der Waals surface area contributed by atoms with Gasteiger partial charge < -0.3 is 24.6 Å². The van der Waals surface area contributed by atoms with Crippen molar-refractivity contribution < 1.29 is 27.6 Å². The molecule has 8 nitrogen and oxygen atoms in total. The molecule has 1 aliphatic rings. The Bertz CT molecular complexity index is 1390. The van der Waals surface area contributed by atoms with Crippen LogP contribution in [0.5, 0.6) is 11.5 Å². The van der Waals surface area contributed by atoms with Crippen molar-refractivity contribution in [1.29, 1.82) is 0 Å². The summed E-state index contributed by atoms with van der Waals surface area (Å²) in [6.45, 7) is 2.74. The molecule has 1 atom stereocenters. The average Bonchev–Trinajstić information content (AvgIpc) is 3.75. The second kappa shape index (κ2) is 12.7. The topological polar surface area (TPSA) is 105 Å². The quantitative estimate of drug-likeness (QED) is 0.310. The van der Waals surface area contributed by atoms with Gasteiger partial charge in [-0.2, -0.15) is 0 Å². The number of sulfone groups is 1. The highest BCUT2D eigenvalue weighted by Gasteiger charge is 2.38. The normalized spacial score (nSPS) is 14.1. The molecule has 0 aromatic heterocycles. The highest BCUT2D eigenvalue weighted by molar-refractivity contribution is 7.92. The SMILES string of the molecule is C[C@H](CC(=O)Nc1ccc(S(=O)(=O)C2CC2)c(CN(C)C)c1)c1cc(OBO)ccc1OCc1ccccc1. The zero-order chi connectivity index (χ0) is 28.0. The predicted octanol–water partition coefficient (Wildman–Crippen LogP) is 4.03. The Morgan fingerprint density at radius 1 is 1.10 bits per heavy atom. The molecule has 0 radical (unpaired) electrons. The third-order valence-corrected chi connectivity index (χ3v) is 8.93. The molecule has 0 heterocycles. The van der Waals surface area contributed by atoms with Crippen molar-refractivity contribution in [1.82, 2.24) is 4.90 Å². The van der Waals surface area contributed by atoms with Crippen LogP contribution in [0.3, 0.4) is 0 Å². The molecule has 0 saturated heterocycles. The molecular formula is C29H35BN2O6S. The standard InChI is InChI=1S/C29H35BN2O6S/c1-20(26-17-24(38-30-34)10-13-27(26)37-19-21-7-5-4-6-8-21)15-29(33)31-23-9-14-28(22(16-23)18-32(2)3)39(35,36)25-11-12-25/h4-10,13-14,16-17,20,25,30,34H,11-12,15,18-19H2,1-3H3,(H,31,33)/t20-/m1/s1. The summed E-state index contributed by atoms with van der Waals surface area (Å²) >= 11 is 0. The molecule has 1 saturated carbocycles. The van der Waals surface area contributed by atoms with Gasteiger partial charge in [-0.1, -0.05) is 37.3 Å². The van der Waals surface area contributed by atoms with E-state index in [1.807, 2.05) is 56.3 Å². The number of ether oxygens (including phenoxy) is 1. The molecule has 3 aromatic rings. The zero-order valence-electron chi connectivity index (χ0n) is 22.6. The Kier molecular flexibility index (Phi) is 9.32. The van der Waals surface area contributed by atoms with Gasteiger partial charge >= 0.3 is 7.69 Å². The van der Waals surface area contributed by atoms with Gasteiger partial charge in [-0.05, 0) is 80.4 Å². The largest absolute Gasteiger partial charge is 0.539 e. The van der Waals surface area contributed by atoms with Crippen LogP contribution in [0.1, 0.15) is 48.8 Å². The van der Waals surface area contributed by atoms with Crippen LogP contribution in [0, 0.1) is 0 Å². The minimum Gasteiger partial charge on any atom is -0.539 e. The van der Waals surface area contributed by atoms with E-state index in [4.69, 9.17) is 9.39 Å². The molecule has 0 aliphatic heterocycles. The number of carbonyl (C=O) groups excluding carboxylic acids is 1. The van der Waals surface area contributed by atoms with E-state index in [2.05, 4.69) is 5.32 Å². The Morgan fingerprint density at radius 2 is 1.85 bits per heavy atom. The smallest absolute Gasteiger partial charge is 0.504 e. The molecule has 3 aromatic carbocycles. The van der Waals surface area contributed by atoms with E-state index < -0.39 is 17.5 Å². The average molecular weight is 550 g/mol. The first-order valence-corrected chi connectivity index (χ1v) is 14.6. The summed E-state index contributed by atoms with van der Waals surface area (Å²) in [5.41, 5.74) is 3.02. The van der Waals surface area contributed by atoms with Crippen molar-refractivity contribution in [2.45, 2.75) is 55.4 Å². The predicted molar refractivity (Wildman–Crippen MR) is 153 cm³/mol. The molecule has 2 N–H and O–H groups in total. The van der Waals surface area contributed by atoms with Gasteiger partial charge in [0.15, 0.2) is 9.84 Å². The van der Waals surface area contributed by atoms with E-state index in [1.54, 1.807) is 36.4 Å². The van der Waals surface area contributed by atoms with Crippen LogP contribution >= 0.6 is 0 Å². The van der Waals surface area contributed by atoms with Crippen LogP contribution in [0.15, 0.2) is 71.6 Å². The van der Waals surface area contributed by atoms with Crippen molar-refractivity contribution in [3.8, 4) is 11.5 Å². The van der Waals surface area contributed by atoms with Gasteiger partial charge in [0.1, 0.15) is 18.1 Å². The molecule has 1 fully saturated rings. The fourth-order valence-electron chi connectivity index (χ4n) is 4.50. The van der Waals surface area contributed by atoms with Gasteiger partial charge in [-0.15, -0.1) is 0 Å². The zero-order valence-corrected chi connectivity index (χ0v) is 23.4. The van der Waals surface area contributed by atoms with E-state index in [0.29, 0.717) is 53.6 Å². The Morgan fingerprint density at radius 3 is 2.51 bits per heavy atom. The minimum absolute atomic E-state index is 0.162. The summed E-state index contributed by atoms with van der Waals surface area (Å²) in [4.78, 5) is 15.3. The van der Waals surface area contributed by atoms with Crippen molar-refractivity contribution in [2.75, 3.05) is 19.4 Å². The lowest BCUT2D eigenvalue weighted by Crippen LogP contribution is -2.18. The summed E-state index contributed by atoms with van der Waals surface area (Å²) in [6.07, 6.45) is 1.55. The van der Waals surface area contributed by atoms with E-state index >= 15 is 0 Å². The third kappa shape index (κ3) is 7.62. The van der Waals surface area contributed by atoms with Gasteiger partial charge in [0.05, 0.1) is 10.1 Å². The van der Waals surface area contributed by atoms with Crippen molar-refractivity contribution in [3.63, 3.8) is 0 Å². The second-order valence-corrected chi connectivity index (χ2v) is 12.4.